The zero-order valence-corrected chi connectivity index (χ0v) is 15.4. The van der Waals surface area contributed by atoms with Gasteiger partial charge in [0.25, 0.3) is 0 Å². The van der Waals surface area contributed by atoms with Crippen molar-refractivity contribution >= 4 is 11.6 Å². The number of hydrogen-bond acceptors (Lipinski definition) is 3. The maximum absolute atomic E-state index is 6.11. The summed E-state index contributed by atoms with van der Waals surface area (Å²) < 4.78 is 5.29. The molecule has 0 unspecified atom stereocenters. The Morgan fingerprint density at radius 3 is 2.42 bits per heavy atom. The van der Waals surface area contributed by atoms with Gasteiger partial charge in [-0.25, -0.2) is 0 Å². The molecule has 0 aliphatic carbocycles. The van der Waals surface area contributed by atoms with Gasteiger partial charge in [-0.2, -0.15) is 0 Å². The van der Waals surface area contributed by atoms with Crippen molar-refractivity contribution in [2.45, 2.75) is 25.3 Å². The maximum Gasteiger partial charge on any atom is 0.193 e. The van der Waals surface area contributed by atoms with Gasteiger partial charge >= 0.3 is 0 Å². The van der Waals surface area contributed by atoms with Gasteiger partial charge in [-0.1, -0.05) is 36.8 Å². The third kappa shape index (κ3) is 4.99. The predicted molar refractivity (Wildman–Crippen MR) is 108 cm³/mol. The molecule has 3 rings (SSSR count). The van der Waals surface area contributed by atoms with Crippen LogP contribution in [0.5, 0.6) is 5.75 Å². The molecule has 2 aromatic carbocycles. The van der Waals surface area contributed by atoms with Gasteiger partial charge in [-0.05, 0) is 55.8 Å². The maximum atomic E-state index is 6.11. The third-order valence-corrected chi connectivity index (χ3v) is 4.81. The van der Waals surface area contributed by atoms with Crippen molar-refractivity contribution in [3.8, 4) is 5.75 Å². The van der Waals surface area contributed by atoms with Crippen molar-refractivity contribution in [2.24, 2.45) is 10.7 Å². The average Bonchev–Trinajstić information content (AvgIpc) is 2.70. The number of benzene rings is 2. The van der Waals surface area contributed by atoms with Gasteiger partial charge in [0.15, 0.2) is 5.96 Å². The number of piperidine rings is 1. The van der Waals surface area contributed by atoms with Crippen LogP contribution in [0.1, 0.15) is 30.9 Å². The molecule has 138 valence electrons. The minimum Gasteiger partial charge on any atom is -0.497 e. The van der Waals surface area contributed by atoms with Crippen molar-refractivity contribution in [3.63, 3.8) is 0 Å². The molecule has 1 fully saturated rings. The molecule has 0 bridgehead atoms. The Hall–Kier alpha value is -2.53. The Labute approximate surface area is 155 Å². The Kier molecular flexibility index (Phi) is 6.50. The first-order chi connectivity index (χ1) is 12.8. The van der Waals surface area contributed by atoms with Crippen LogP contribution in [-0.4, -0.2) is 37.6 Å². The van der Waals surface area contributed by atoms with Crippen molar-refractivity contribution < 1.29 is 4.74 Å². The Morgan fingerprint density at radius 1 is 1.08 bits per heavy atom. The number of nitrogens with one attached hydrogen (secondary N) is 1. The molecule has 0 amide bonds. The molecule has 26 heavy (non-hydrogen) atoms. The quantitative estimate of drug-likeness (QED) is 0.615. The highest BCUT2D eigenvalue weighted by molar-refractivity contribution is 5.92. The van der Waals surface area contributed by atoms with Crippen LogP contribution in [0, 0.1) is 0 Å². The molecule has 1 aliphatic rings. The second kappa shape index (κ2) is 9.25. The standard InChI is InChI=1S/C21H28N4O/c1-26-19-12-10-17(11-13-19)20(25-14-6-3-7-15-25)16-23-21(22)24-18-8-4-2-5-9-18/h2,4-5,8-13,20H,3,6-7,14-16H2,1H3,(H3,22,23,24)/t20-/m0/s1. The van der Waals surface area contributed by atoms with Crippen LogP contribution >= 0.6 is 0 Å². The molecule has 0 aromatic heterocycles. The molecule has 0 radical (unpaired) electrons. The third-order valence-electron chi connectivity index (χ3n) is 4.81. The van der Waals surface area contributed by atoms with Crippen LogP contribution in [0.15, 0.2) is 59.6 Å². The predicted octanol–water partition coefficient (Wildman–Crippen LogP) is 3.65. The van der Waals surface area contributed by atoms with E-state index in [0.29, 0.717) is 12.5 Å². The fourth-order valence-electron chi connectivity index (χ4n) is 3.38. The van der Waals surface area contributed by atoms with Gasteiger partial charge in [0.05, 0.1) is 19.7 Å². The first-order valence-electron chi connectivity index (χ1n) is 9.26. The monoisotopic (exact) mass is 352 g/mol. The number of methoxy groups -OCH3 is 1. The summed E-state index contributed by atoms with van der Waals surface area (Å²) in [7, 11) is 1.69. The van der Waals surface area contributed by atoms with E-state index >= 15 is 0 Å². The number of aliphatic imine (C=N–C) groups is 1. The second-order valence-electron chi connectivity index (χ2n) is 6.60. The van der Waals surface area contributed by atoms with Crippen LogP contribution in [0.3, 0.4) is 0 Å². The van der Waals surface area contributed by atoms with E-state index in [2.05, 4.69) is 27.3 Å². The number of para-hydroxylation sites is 1. The van der Waals surface area contributed by atoms with Crippen LogP contribution in [0.4, 0.5) is 5.69 Å². The van der Waals surface area contributed by atoms with Crippen LogP contribution < -0.4 is 15.8 Å². The SMILES string of the molecule is COc1ccc([C@H](CN=C(N)Nc2ccccc2)N2CCCCC2)cc1. The number of rotatable bonds is 6. The molecule has 0 spiro atoms. The average molecular weight is 352 g/mol. The normalized spacial score (nSPS) is 16.9. The zero-order valence-electron chi connectivity index (χ0n) is 15.4. The highest BCUT2D eigenvalue weighted by Crippen LogP contribution is 2.26. The summed E-state index contributed by atoms with van der Waals surface area (Å²) in [5.41, 5.74) is 8.31. The lowest BCUT2D eigenvalue weighted by molar-refractivity contribution is 0.168. The Balaban J connectivity index is 1.73. The highest BCUT2D eigenvalue weighted by atomic mass is 16.5. The summed E-state index contributed by atoms with van der Waals surface area (Å²) in [6.45, 7) is 2.86. The van der Waals surface area contributed by atoms with E-state index in [9.17, 15) is 0 Å². The van der Waals surface area contributed by atoms with Crippen molar-refractivity contribution in [1.29, 1.82) is 0 Å². The van der Waals surface area contributed by atoms with Crippen LogP contribution in [-0.2, 0) is 0 Å². The van der Waals surface area contributed by atoms with Crippen molar-refractivity contribution in [3.05, 3.63) is 60.2 Å². The number of guanidine groups is 1. The minimum absolute atomic E-state index is 0.234. The number of hydrogen-bond donors (Lipinski definition) is 2. The number of ether oxygens (including phenoxy) is 1. The molecule has 1 aliphatic heterocycles. The smallest absolute Gasteiger partial charge is 0.193 e. The summed E-state index contributed by atoms with van der Waals surface area (Å²) in [5.74, 6) is 1.33. The topological polar surface area (TPSA) is 62.9 Å². The number of anilines is 1. The first-order valence-corrected chi connectivity index (χ1v) is 9.26. The largest absolute Gasteiger partial charge is 0.497 e. The number of nitrogens with two attached hydrogens (primary N) is 1. The first kappa shape index (κ1) is 18.3. The number of likely N-dealkylation sites (tertiary alicyclic amines) is 1. The molecule has 5 nitrogen and oxygen atoms in total. The summed E-state index contributed by atoms with van der Waals surface area (Å²) in [6, 6.07) is 18.4. The Bertz CT molecular complexity index is 694. The van der Waals surface area contributed by atoms with E-state index in [1.807, 2.05) is 42.5 Å². The molecular formula is C21H28N4O. The fourth-order valence-corrected chi connectivity index (χ4v) is 3.38. The summed E-state index contributed by atoms with van der Waals surface area (Å²) in [5, 5.41) is 3.16. The molecular weight excluding hydrogens is 324 g/mol. The summed E-state index contributed by atoms with van der Waals surface area (Å²) in [4.78, 5) is 7.14. The van der Waals surface area contributed by atoms with Gasteiger partial charge in [-0.3, -0.25) is 9.89 Å². The zero-order chi connectivity index (χ0) is 18.2. The molecule has 5 heteroatoms. The molecule has 1 atom stereocenters. The lowest BCUT2D eigenvalue weighted by atomic mass is 10.0. The lowest BCUT2D eigenvalue weighted by Gasteiger charge is -2.34. The van der Waals surface area contributed by atoms with Gasteiger partial charge in [0.2, 0.25) is 0 Å². The van der Waals surface area contributed by atoms with Gasteiger partial charge in [0.1, 0.15) is 5.75 Å². The molecule has 3 N–H and O–H groups in total. The van der Waals surface area contributed by atoms with Crippen molar-refractivity contribution in [1.82, 2.24) is 4.90 Å². The van der Waals surface area contributed by atoms with E-state index in [0.717, 1.165) is 24.5 Å². The van der Waals surface area contributed by atoms with E-state index in [1.54, 1.807) is 7.11 Å². The molecule has 0 saturated carbocycles. The van der Waals surface area contributed by atoms with Gasteiger partial charge in [0, 0.05) is 5.69 Å². The van der Waals surface area contributed by atoms with Crippen molar-refractivity contribution in [2.75, 3.05) is 32.1 Å². The lowest BCUT2D eigenvalue weighted by Crippen LogP contribution is -2.36. The molecule has 1 heterocycles. The van der Waals surface area contributed by atoms with Crippen LogP contribution in [0.2, 0.25) is 0 Å². The fraction of sp³-hybridized carbons (Fsp3) is 0.381. The van der Waals surface area contributed by atoms with Gasteiger partial charge < -0.3 is 15.8 Å². The van der Waals surface area contributed by atoms with E-state index in [-0.39, 0.29) is 6.04 Å². The van der Waals surface area contributed by atoms with Gasteiger partial charge in [-0.15, -0.1) is 0 Å². The molecule has 2 aromatic rings. The minimum atomic E-state index is 0.234. The number of nitrogens with zero attached hydrogens (tertiary/aromatic N) is 2. The molecule has 1 saturated heterocycles. The second-order valence-corrected chi connectivity index (χ2v) is 6.60. The Morgan fingerprint density at radius 2 is 1.77 bits per heavy atom. The van der Waals surface area contributed by atoms with Crippen LogP contribution in [0.25, 0.3) is 0 Å². The van der Waals surface area contributed by atoms with E-state index in [1.165, 1.54) is 24.8 Å². The van der Waals surface area contributed by atoms with E-state index < -0.39 is 0 Å². The highest BCUT2D eigenvalue weighted by Gasteiger charge is 2.22. The van der Waals surface area contributed by atoms with E-state index in [4.69, 9.17) is 10.5 Å². The summed E-state index contributed by atoms with van der Waals surface area (Å²) >= 11 is 0. The summed E-state index contributed by atoms with van der Waals surface area (Å²) in [6.07, 6.45) is 3.80.